The lowest BCUT2D eigenvalue weighted by atomic mass is 10.1. The molecule has 0 aromatic rings. The van der Waals surface area contributed by atoms with Gasteiger partial charge in [0.05, 0.1) is 17.4 Å². The fourth-order valence-corrected chi connectivity index (χ4v) is 1.00. The zero-order valence-corrected chi connectivity index (χ0v) is 6.16. The summed E-state index contributed by atoms with van der Waals surface area (Å²) in [5.41, 5.74) is -0.255. The second-order valence-electron chi connectivity index (χ2n) is 2.41. The molecule has 0 atom stereocenters. The van der Waals surface area contributed by atoms with E-state index in [9.17, 15) is 14.1 Å². The van der Waals surface area contributed by atoms with Crippen molar-refractivity contribution in [3.63, 3.8) is 0 Å². The highest BCUT2D eigenvalue weighted by Gasteiger charge is 2.22. The highest BCUT2D eigenvalue weighted by molar-refractivity contribution is 5.87. The molecular weight excluding hydrogens is 167 g/mol. The van der Waals surface area contributed by atoms with Crippen LogP contribution < -0.4 is 0 Å². The molecule has 12 heavy (non-hydrogen) atoms. The molecule has 1 N–H and O–H groups in total. The topological polar surface area (TPSA) is 70.0 Å². The predicted octanol–water partition coefficient (Wildman–Crippen LogP) is 0.682. The van der Waals surface area contributed by atoms with Gasteiger partial charge < -0.3 is 5.11 Å². The van der Waals surface area contributed by atoms with Crippen molar-refractivity contribution in [2.75, 3.05) is 13.1 Å². The van der Waals surface area contributed by atoms with Crippen molar-refractivity contribution in [3.8, 4) is 0 Å². The first-order chi connectivity index (χ1) is 5.65. The number of hydrogen-bond acceptors (Lipinski definition) is 3. The molecule has 0 radical (unpaired) electrons. The first-order valence-electron chi connectivity index (χ1n) is 3.34. The standard InChI is InChI=1S/C6H7FN2O3/c7-5-3-9(8-12)2-1-4(5)6(10)11/h1-3H2,(H,10,11). The summed E-state index contributed by atoms with van der Waals surface area (Å²) in [4.78, 5) is 20.3. The van der Waals surface area contributed by atoms with Crippen LogP contribution in [-0.2, 0) is 4.79 Å². The van der Waals surface area contributed by atoms with Crippen LogP contribution in [0.15, 0.2) is 16.7 Å². The van der Waals surface area contributed by atoms with E-state index in [2.05, 4.69) is 5.29 Å². The van der Waals surface area contributed by atoms with Gasteiger partial charge in [-0.05, 0) is 0 Å². The van der Waals surface area contributed by atoms with E-state index in [1.807, 2.05) is 0 Å². The third-order valence-electron chi connectivity index (χ3n) is 1.64. The van der Waals surface area contributed by atoms with Crippen molar-refractivity contribution in [1.29, 1.82) is 0 Å². The van der Waals surface area contributed by atoms with Gasteiger partial charge in [0.1, 0.15) is 5.83 Å². The van der Waals surface area contributed by atoms with Crippen LogP contribution in [0.3, 0.4) is 0 Å². The summed E-state index contributed by atoms with van der Waals surface area (Å²) in [5.74, 6) is -2.05. The van der Waals surface area contributed by atoms with Gasteiger partial charge in [0.15, 0.2) is 0 Å². The van der Waals surface area contributed by atoms with Crippen molar-refractivity contribution in [2.24, 2.45) is 5.29 Å². The number of halogens is 1. The van der Waals surface area contributed by atoms with Crippen LogP contribution in [0.1, 0.15) is 6.42 Å². The molecule has 1 rings (SSSR count). The Morgan fingerprint density at radius 3 is 2.75 bits per heavy atom. The highest BCUT2D eigenvalue weighted by atomic mass is 19.1. The largest absolute Gasteiger partial charge is 0.478 e. The molecule has 0 saturated carbocycles. The summed E-state index contributed by atoms with van der Waals surface area (Å²) in [6.07, 6.45) is 0.0207. The van der Waals surface area contributed by atoms with E-state index >= 15 is 0 Å². The lowest BCUT2D eigenvalue weighted by Gasteiger charge is -2.19. The number of hydrogen-bond donors (Lipinski definition) is 1. The summed E-state index contributed by atoms with van der Waals surface area (Å²) in [5, 5.41) is 11.9. The lowest BCUT2D eigenvalue weighted by Crippen LogP contribution is -2.27. The van der Waals surface area contributed by atoms with Crippen LogP contribution in [0.5, 0.6) is 0 Å². The Morgan fingerprint density at radius 2 is 2.33 bits per heavy atom. The number of carboxylic acid groups (broad SMARTS) is 1. The zero-order valence-electron chi connectivity index (χ0n) is 6.16. The van der Waals surface area contributed by atoms with Gasteiger partial charge in [0.25, 0.3) is 0 Å². The molecule has 0 saturated heterocycles. The zero-order chi connectivity index (χ0) is 9.14. The molecule has 1 aliphatic heterocycles. The molecule has 0 fully saturated rings. The third kappa shape index (κ3) is 1.58. The first kappa shape index (κ1) is 8.63. The Balaban J connectivity index is 2.77. The van der Waals surface area contributed by atoms with Gasteiger partial charge in [0, 0.05) is 13.0 Å². The minimum Gasteiger partial charge on any atom is -0.478 e. The molecule has 1 aliphatic rings. The Kier molecular flexibility index (Phi) is 2.37. The number of rotatable bonds is 2. The maximum Gasteiger partial charge on any atom is 0.334 e. The number of carboxylic acids is 1. The quantitative estimate of drug-likeness (QED) is 0.625. The SMILES string of the molecule is O=NN1CCC(C(=O)O)=C(F)C1. The van der Waals surface area contributed by atoms with Crippen molar-refractivity contribution < 1.29 is 14.3 Å². The van der Waals surface area contributed by atoms with E-state index in [1.165, 1.54) is 0 Å². The average Bonchev–Trinajstić information content (AvgIpc) is 2.03. The van der Waals surface area contributed by atoms with Crippen molar-refractivity contribution >= 4 is 5.97 Å². The van der Waals surface area contributed by atoms with Crippen LogP contribution in [0.4, 0.5) is 4.39 Å². The van der Waals surface area contributed by atoms with Gasteiger partial charge in [0.2, 0.25) is 0 Å². The normalized spacial score (nSPS) is 17.9. The number of carbonyl (C=O) groups is 1. The predicted molar refractivity (Wildman–Crippen MR) is 37.8 cm³/mol. The Bertz CT molecular complexity index is 251. The molecule has 0 unspecified atom stereocenters. The molecule has 0 spiro atoms. The van der Waals surface area contributed by atoms with Gasteiger partial charge in [-0.15, -0.1) is 4.91 Å². The van der Waals surface area contributed by atoms with Gasteiger partial charge in [-0.2, -0.15) is 0 Å². The van der Waals surface area contributed by atoms with Gasteiger partial charge in [-0.25, -0.2) is 9.18 Å². The average molecular weight is 174 g/mol. The van der Waals surface area contributed by atoms with Crippen molar-refractivity contribution in [3.05, 3.63) is 16.3 Å². The van der Waals surface area contributed by atoms with E-state index in [0.717, 1.165) is 5.01 Å². The molecule has 0 bridgehead atoms. The molecule has 5 nitrogen and oxygen atoms in total. The molecule has 0 amide bonds. The van der Waals surface area contributed by atoms with Crippen LogP contribution >= 0.6 is 0 Å². The smallest absolute Gasteiger partial charge is 0.334 e. The minimum atomic E-state index is -1.27. The molecule has 0 aliphatic carbocycles. The van der Waals surface area contributed by atoms with E-state index in [0.29, 0.717) is 0 Å². The second kappa shape index (κ2) is 3.29. The third-order valence-corrected chi connectivity index (χ3v) is 1.64. The molecular formula is C6H7FN2O3. The van der Waals surface area contributed by atoms with E-state index < -0.39 is 11.8 Å². The maximum atomic E-state index is 12.8. The van der Waals surface area contributed by atoms with E-state index in [-0.39, 0.29) is 25.1 Å². The fraction of sp³-hybridized carbons (Fsp3) is 0.500. The Hall–Kier alpha value is -1.46. The molecule has 6 heteroatoms. The number of nitrogens with zero attached hydrogens (tertiary/aromatic N) is 2. The van der Waals surface area contributed by atoms with Gasteiger partial charge >= 0.3 is 5.97 Å². The molecule has 66 valence electrons. The number of nitroso groups, excluding NO2 is 1. The monoisotopic (exact) mass is 174 g/mol. The molecule has 1 heterocycles. The van der Waals surface area contributed by atoms with Crippen molar-refractivity contribution in [2.45, 2.75) is 6.42 Å². The van der Waals surface area contributed by atoms with Gasteiger partial charge in [-0.1, -0.05) is 0 Å². The summed E-state index contributed by atoms with van der Waals surface area (Å²) >= 11 is 0. The second-order valence-corrected chi connectivity index (χ2v) is 2.41. The summed E-state index contributed by atoms with van der Waals surface area (Å²) in [6, 6.07) is 0. The van der Waals surface area contributed by atoms with Crippen LogP contribution in [0.25, 0.3) is 0 Å². The van der Waals surface area contributed by atoms with Crippen molar-refractivity contribution in [1.82, 2.24) is 5.01 Å². The Morgan fingerprint density at radius 1 is 1.67 bits per heavy atom. The van der Waals surface area contributed by atoms with E-state index in [1.54, 1.807) is 0 Å². The number of aliphatic carboxylic acids is 1. The lowest BCUT2D eigenvalue weighted by molar-refractivity contribution is -0.133. The van der Waals surface area contributed by atoms with Crippen LogP contribution in [0.2, 0.25) is 0 Å². The van der Waals surface area contributed by atoms with Gasteiger partial charge in [-0.3, -0.25) is 5.01 Å². The summed E-state index contributed by atoms with van der Waals surface area (Å²) in [7, 11) is 0. The fourth-order valence-electron chi connectivity index (χ4n) is 1.00. The van der Waals surface area contributed by atoms with Crippen LogP contribution in [-0.4, -0.2) is 29.2 Å². The maximum absolute atomic E-state index is 12.8. The summed E-state index contributed by atoms with van der Waals surface area (Å²) in [6.45, 7) is -0.163. The summed E-state index contributed by atoms with van der Waals surface area (Å²) < 4.78 is 12.8. The first-order valence-corrected chi connectivity index (χ1v) is 3.34. The molecule has 0 aromatic heterocycles. The Labute approximate surface area is 67.4 Å². The minimum absolute atomic E-state index is 0.0207. The molecule has 0 aromatic carbocycles. The highest BCUT2D eigenvalue weighted by Crippen LogP contribution is 2.18. The van der Waals surface area contributed by atoms with E-state index in [4.69, 9.17) is 5.11 Å². The van der Waals surface area contributed by atoms with Crippen LogP contribution in [0, 0.1) is 4.91 Å².